The quantitative estimate of drug-likeness (QED) is 0.780. The van der Waals surface area contributed by atoms with Gasteiger partial charge < -0.3 is 24.8 Å². The Kier molecular flexibility index (Phi) is 5.90. The first-order chi connectivity index (χ1) is 12.6. The first kappa shape index (κ1) is 18.4. The molecule has 0 amide bonds. The van der Waals surface area contributed by atoms with E-state index in [1.165, 1.54) is 17.7 Å². The maximum atomic E-state index is 13.2. The minimum atomic E-state index is -0.316. The predicted molar refractivity (Wildman–Crippen MR) is 103 cm³/mol. The van der Waals surface area contributed by atoms with Crippen LogP contribution < -0.4 is 20.1 Å². The van der Waals surface area contributed by atoms with Crippen molar-refractivity contribution in [2.45, 2.75) is 12.5 Å². The Morgan fingerprint density at radius 2 is 2.00 bits per heavy atom. The van der Waals surface area contributed by atoms with Gasteiger partial charge in [-0.15, -0.1) is 0 Å². The third kappa shape index (κ3) is 4.23. The molecule has 2 aromatic rings. The lowest BCUT2D eigenvalue weighted by Crippen LogP contribution is -2.34. The molecule has 5 nitrogen and oxygen atoms in total. The summed E-state index contributed by atoms with van der Waals surface area (Å²) < 4.78 is 29.9. The first-order valence-corrected chi connectivity index (χ1v) is 8.68. The van der Waals surface area contributed by atoms with E-state index in [1.807, 2.05) is 12.1 Å². The van der Waals surface area contributed by atoms with Gasteiger partial charge >= 0.3 is 0 Å². The molecule has 1 atom stereocenters. The van der Waals surface area contributed by atoms with Gasteiger partial charge in [-0.05, 0) is 60.1 Å². The lowest BCUT2D eigenvalue weighted by Gasteiger charge is -2.28. The highest BCUT2D eigenvalue weighted by Crippen LogP contribution is 2.36. The molecule has 2 N–H and O–H groups in total. The van der Waals surface area contributed by atoms with Gasteiger partial charge in [-0.3, -0.25) is 0 Å². The predicted octanol–water partition coefficient (Wildman–Crippen LogP) is 3.44. The number of ether oxygens (including phenoxy) is 3. The number of nitrogens with one attached hydrogen (secondary N) is 2. The van der Waals surface area contributed by atoms with E-state index < -0.39 is 0 Å². The van der Waals surface area contributed by atoms with Crippen LogP contribution in [0.2, 0.25) is 0 Å². The summed E-state index contributed by atoms with van der Waals surface area (Å²) in [7, 11) is 3.23. The number of benzene rings is 2. The Bertz CT molecular complexity index is 800. The second kappa shape index (κ2) is 8.33. The van der Waals surface area contributed by atoms with Gasteiger partial charge in [0.15, 0.2) is 16.6 Å². The normalized spacial score (nSPS) is 15.7. The van der Waals surface area contributed by atoms with Crippen LogP contribution in [-0.2, 0) is 11.2 Å². The molecule has 0 saturated heterocycles. The largest absolute Gasteiger partial charge is 0.493 e. The molecule has 1 aliphatic rings. The number of hydrogen-bond acceptors (Lipinski definition) is 4. The lowest BCUT2D eigenvalue weighted by atomic mass is 9.96. The van der Waals surface area contributed by atoms with Crippen molar-refractivity contribution in [3.05, 3.63) is 53.3 Å². The van der Waals surface area contributed by atoms with Crippen molar-refractivity contribution in [3.8, 4) is 11.5 Å². The van der Waals surface area contributed by atoms with Crippen molar-refractivity contribution in [2.24, 2.45) is 0 Å². The van der Waals surface area contributed by atoms with Crippen LogP contribution in [0.5, 0.6) is 11.5 Å². The van der Waals surface area contributed by atoms with Gasteiger partial charge in [0.25, 0.3) is 0 Å². The standard InChI is InChI=1S/C19H21FN2O3S/c1-23-16-8-12-6-7-25-18(15(12)10-17(16)24-2)11-21-19(26)22-14-5-3-4-13(20)9-14/h3-5,8-10,18H,6-7,11H2,1-2H3,(H2,21,22,26). The monoisotopic (exact) mass is 376 g/mol. The van der Waals surface area contributed by atoms with Crippen LogP contribution in [0.4, 0.5) is 10.1 Å². The molecule has 2 aromatic carbocycles. The van der Waals surface area contributed by atoms with E-state index >= 15 is 0 Å². The molecule has 0 bridgehead atoms. The summed E-state index contributed by atoms with van der Waals surface area (Å²) in [6, 6.07) is 10.1. The highest BCUT2D eigenvalue weighted by atomic mass is 32.1. The number of rotatable bonds is 5. The van der Waals surface area contributed by atoms with Crippen LogP contribution in [0.3, 0.4) is 0 Å². The second-order valence-electron chi connectivity index (χ2n) is 5.86. The highest BCUT2D eigenvalue weighted by molar-refractivity contribution is 7.80. The van der Waals surface area contributed by atoms with Crippen LogP contribution in [0.1, 0.15) is 17.2 Å². The minimum absolute atomic E-state index is 0.161. The average Bonchev–Trinajstić information content (AvgIpc) is 2.65. The van der Waals surface area contributed by atoms with Crippen LogP contribution in [0.15, 0.2) is 36.4 Å². The summed E-state index contributed by atoms with van der Waals surface area (Å²) in [4.78, 5) is 0. The van der Waals surface area contributed by atoms with E-state index in [9.17, 15) is 4.39 Å². The zero-order chi connectivity index (χ0) is 18.5. The third-order valence-corrected chi connectivity index (χ3v) is 4.46. The van der Waals surface area contributed by atoms with Crippen LogP contribution in [-0.4, -0.2) is 32.5 Å². The van der Waals surface area contributed by atoms with Gasteiger partial charge in [-0.1, -0.05) is 6.07 Å². The van der Waals surface area contributed by atoms with Gasteiger partial charge in [0.05, 0.1) is 20.8 Å². The lowest BCUT2D eigenvalue weighted by molar-refractivity contribution is 0.0453. The number of fused-ring (bicyclic) bond motifs is 1. The number of hydrogen-bond donors (Lipinski definition) is 2. The van der Waals surface area contributed by atoms with Crippen LogP contribution >= 0.6 is 12.2 Å². The van der Waals surface area contributed by atoms with E-state index in [0.29, 0.717) is 35.5 Å². The number of halogens is 1. The van der Waals surface area contributed by atoms with Crippen LogP contribution in [0.25, 0.3) is 0 Å². The highest BCUT2D eigenvalue weighted by Gasteiger charge is 2.23. The fourth-order valence-electron chi connectivity index (χ4n) is 2.95. The van der Waals surface area contributed by atoms with E-state index in [1.54, 1.807) is 26.4 Å². The minimum Gasteiger partial charge on any atom is -0.493 e. The van der Waals surface area contributed by atoms with Crippen molar-refractivity contribution in [1.82, 2.24) is 5.32 Å². The Hall–Kier alpha value is -2.38. The number of thiocarbonyl (C=S) groups is 1. The Morgan fingerprint density at radius 3 is 2.73 bits per heavy atom. The maximum absolute atomic E-state index is 13.2. The molecule has 26 heavy (non-hydrogen) atoms. The van der Waals surface area contributed by atoms with E-state index in [-0.39, 0.29) is 11.9 Å². The molecular formula is C19H21FN2O3S. The first-order valence-electron chi connectivity index (χ1n) is 8.27. The fourth-order valence-corrected chi connectivity index (χ4v) is 3.15. The van der Waals surface area contributed by atoms with E-state index in [4.69, 9.17) is 26.4 Å². The summed E-state index contributed by atoms with van der Waals surface area (Å²) in [5, 5.41) is 6.50. The average molecular weight is 376 g/mol. The molecule has 0 fully saturated rings. The zero-order valence-corrected chi connectivity index (χ0v) is 15.5. The SMILES string of the molecule is COc1cc2c(cc1OC)C(CNC(=S)Nc1cccc(F)c1)OCC2. The van der Waals surface area contributed by atoms with Crippen molar-refractivity contribution in [2.75, 3.05) is 32.7 Å². The molecule has 138 valence electrons. The summed E-state index contributed by atoms with van der Waals surface area (Å²) in [5.41, 5.74) is 2.82. The zero-order valence-electron chi connectivity index (χ0n) is 14.7. The van der Waals surface area contributed by atoms with Crippen molar-refractivity contribution >= 4 is 23.0 Å². The number of methoxy groups -OCH3 is 2. The van der Waals surface area contributed by atoms with Crippen molar-refractivity contribution in [3.63, 3.8) is 0 Å². The van der Waals surface area contributed by atoms with Gasteiger partial charge in [-0.2, -0.15) is 0 Å². The smallest absolute Gasteiger partial charge is 0.170 e. The van der Waals surface area contributed by atoms with Gasteiger partial charge in [0.1, 0.15) is 11.9 Å². The summed E-state index contributed by atoms with van der Waals surface area (Å²) in [5.74, 6) is 1.06. The fraction of sp³-hybridized carbons (Fsp3) is 0.316. The molecule has 7 heteroatoms. The molecular weight excluding hydrogens is 355 g/mol. The summed E-state index contributed by atoms with van der Waals surface area (Å²) in [6.07, 6.45) is 0.656. The molecule has 0 spiro atoms. The molecule has 0 saturated carbocycles. The van der Waals surface area contributed by atoms with Crippen molar-refractivity contribution < 1.29 is 18.6 Å². The molecule has 0 aromatic heterocycles. The van der Waals surface area contributed by atoms with Crippen LogP contribution in [0, 0.1) is 5.82 Å². The van der Waals surface area contributed by atoms with Crippen molar-refractivity contribution in [1.29, 1.82) is 0 Å². The van der Waals surface area contributed by atoms with Gasteiger partial charge in [0.2, 0.25) is 0 Å². The molecule has 1 unspecified atom stereocenters. The topological polar surface area (TPSA) is 51.8 Å². The number of anilines is 1. The summed E-state index contributed by atoms with van der Waals surface area (Å²) in [6.45, 7) is 1.11. The second-order valence-corrected chi connectivity index (χ2v) is 6.27. The Labute approximate surface area is 157 Å². The molecule has 1 heterocycles. The van der Waals surface area contributed by atoms with Gasteiger partial charge in [0, 0.05) is 12.2 Å². The summed E-state index contributed by atoms with van der Waals surface area (Å²) >= 11 is 5.29. The molecule has 1 aliphatic heterocycles. The van der Waals surface area contributed by atoms with E-state index in [2.05, 4.69) is 10.6 Å². The molecule has 0 radical (unpaired) electrons. The molecule has 0 aliphatic carbocycles. The Morgan fingerprint density at radius 1 is 1.23 bits per heavy atom. The van der Waals surface area contributed by atoms with Gasteiger partial charge in [-0.25, -0.2) is 4.39 Å². The van der Waals surface area contributed by atoms with E-state index in [0.717, 1.165) is 12.0 Å². The Balaban J connectivity index is 1.67. The molecule has 3 rings (SSSR count). The maximum Gasteiger partial charge on any atom is 0.170 e. The third-order valence-electron chi connectivity index (χ3n) is 4.21.